The Morgan fingerprint density at radius 3 is 2.63 bits per heavy atom. The Morgan fingerprint density at radius 1 is 1.15 bits per heavy atom. The summed E-state index contributed by atoms with van der Waals surface area (Å²) >= 11 is 1.44. The third-order valence-electron chi connectivity index (χ3n) is 4.76. The molecule has 4 rings (SSSR count). The largest absolute Gasteiger partial charge is 0.381 e. The van der Waals surface area contributed by atoms with Gasteiger partial charge in [-0.15, -0.1) is 24.8 Å². The van der Waals surface area contributed by atoms with Crippen LogP contribution in [-0.4, -0.2) is 34.1 Å². The quantitative estimate of drug-likeness (QED) is 0.781. The van der Waals surface area contributed by atoms with Gasteiger partial charge in [-0.2, -0.15) is 0 Å². The Hall–Kier alpha value is -1.48. The number of thioether (sulfide) groups is 1. The van der Waals surface area contributed by atoms with Gasteiger partial charge in [0.05, 0.1) is 12.1 Å². The van der Waals surface area contributed by atoms with Crippen LogP contribution in [-0.2, 0) is 10.3 Å². The van der Waals surface area contributed by atoms with Gasteiger partial charge in [-0.1, -0.05) is 11.8 Å². The summed E-state index contributed by atoms with van der Waals surface area (Å²) in [7, 11) is 0. The highest BCUT2D eigenvalue weighted by molar-refractivity contribution is 8.13. The van der Waals surface area contributed by atoms with E-state index in [1.54, 1.807) is 0 Å². The van der Waals surface area contributed by atoms with Gasteiger partial charge in [-0.05, 0) is 6.07 Å². The molecule has 0 radical (unpaired) electrons. The van der Waals surface area contributed by atoms with E-state index in [9.17, 15) is 8.78 Å². The second-order valence-electron chi connectivity index (χ2n) is 6.15. The number of nitrogens with two attached hydrogens (primary N) is 1. The van der Waals surface area contributed by atoms with Crippen LogP contribution in [0.2, 0.25) is 0 Å². The zero-order valence-electron chi connectivity index (χ0n) is 14.1. The van der Waals surface area contributed by atoms with Crippen LogP contribution in [0, 0.1) is 17.6 Å². The normalized spacial score (nSPS) is 24.1. The zero-order valence-corrected chi connectivity index (χ0v) is 16.5. The number of aliphatic imine (C=N–C) groups is 1. The maximum Gasteiger partial charge on any atom is 0.154 e. The van der Waals surface area contributed by atoms with Crippen molar-refractivity contribution in [1.82, 2.24) is 9.97 Å². The number of rotatable bonds is 2. The fourth-order valence-corrected chi connectivity index (χ4v) is 4.47. The molecule has 10 heteroatoms. The van der Waals surface area contributed by atoms with Gasteiger partial charge in [0.15, 0.2) is 5.17 Å². The topological polar surface area (TPSA) is 73.4 Å². The number of hydrogen-bond acceptors (Lipinski definition) is 6. The third kappa shape index (κ3) is 3.89. The third-order valence-corrected chi connectivity index (χ3v) is 5.71. The second kappa shape index (κ2) is 8.68. The summed E-state index contributed by atoms with van der Waals surface area (Å²) in [6.07, 6.45) is 4.87. The minimum atomic E-state index is -0.824. The molecule has 1 aromatic heterocycles. The van der Waals surface area contributed by atoms with Gasteiger partial charge < -0.3 is 10.5 Å². The van der Waals surface area contributed by atoms with Gasteiger partial charge in [0.1, 0.15) is 18.0 Å². The first-order valence-corrected chi connectivity index (χ1v) is 8.89. The lowest BCUT2D eigenvalue weighted by atomic mass is 9.75. The smallest absolute Gasteiger partial charge is 0.154 e. The highest BCUT2D eigenvalue weighted by Crippen LogP contribution is 2.47. The van der Waals surface area contributed by atoms with Crippen LogP contribution < -0.4 is 5.73 Å². The number of hydrogen-bond donors (Lipinski definition) is 1. The van der Waals surface area contributed by atoms with Crippen molar-refractivity contribution in [2.45, 2.75) is 12.0 Å². The minimum Gasteiger partial charge on any atom is -0.381 e. The summed E-state index contributed by atoms with van der Waals surface area (Å²) in [5.74, 6) is -0.597. The number of amidine groups is 1. The summed E-state index contributed by atoms with van der Waals surface area (Å²) in [5.41, 5.74) is 6.22. The van der Waals surface area contributed by atoms with E-state index in [0.717, 1.165) is 6.07 Å². The Kier molecular flexibility index (Phi) is 7.02. The molecule has 146 valence electrons. The molecule has 1 aromatic carbocycles. The number of nitrogens with zero attached hydrogens (tertiary/aromatic N) is 3. The van der Waals surface area contributed by atoms with E-state index in [-0.39, 0.29) is 36.3 Å². The van der Waals surface area contributed by atoms with Crippen LogP contribution in [0.4, 0.5) is 8.78 Å². The monoisotopic (exact) mass is 434 g/mol. The van der Waals surface area contributed by atoms with Gasteiger partial charge in [0.25, 0.3) is 0 Å². The Bertz CT molecular complexity index is 843. The van der Waals surface area contributed by atoms with Crippen molar-refractivity contribution in [2.75, 3.05) is 19.0 Å². The molecular weight excluding hydrogens is 417 g/mol. The SMILES string of the molecule is Cl.Cl.NC1=N[C@@]2(c3cc(-c4cncnc4)c(F)cc3F)CCOC[C@H]2CS1. The van der Waals surface area contributed by atoms with Crippen LogP contribution in [0.5, 0.6) is 0 Å². The molecule has 2 aliphatic rings. The van der Waals surface area contributed by atoms with Crippen LogP contribution in [0.1, 0.15) is 12.0 Å². The molecule has 0 saturated carbocycles. The first-order valence-electron chi connectivity index (χ1n) is 7.91. The number of ether oxygens (including phenoxy) is 1. The highest BCUT2D eigenvalue weighted by atomic mass is 35.5. The van der Waals surface area contributed by atoms with Crippen LogP contribution in [0.3, 0.4) is 0 Å². The van der Waals surface area contributed by atoms with E-state index >= 15 is 0 Å². The summed E-state index contributed by atoms with van der Waals surface area (Å²) < 4.78 is 34.8. The van der Waals surface area contributed by atoms with Crippen LogP contribution in [0.25, 0.3) is 11.1 Å². The first-order chi connectivity index (χ1) is 12.1. The molecule has 1 saturated heterocycles. The summed E-state index contributed by atoms with van der Waals surface area (Å²) in [6.45, 7) is 0.933. The van der Waals surface area contributed by atoms with Crippen LogP contribution in [0.15, 0.2) is 35.8 Å². The molecule has 0 unspecified atom stereocenters. The fraction of sp³-hybridized carbons (Fsp3) is 0.353. The van der Waals surface area contributed by atoms with Crippen LogP contribution >= 0.6 is 36.6 Å². The molecule has 5 nitrogen and oxygen atoms in total. The zero-order chi connectivity index (χ0) is 17.4. The molecule has 0 amide bonds. The molecular formula is C17H18Cl2F2N4OS. The van der Waals surface area contributed by atoms with Crippen molar-refractivity contribution in [1.29, 1.82) is 0 Å². The van der Waals surface area contributed by atoms with Crippen molar-refractivity contribution >= 4 is 41.7 Å². The van der Waals surface area contributed by atoms with Gasteiger partial charge >= 0.3 is 0 Å². The van der Waals surface area contributed by atoms with Crippen molar-refractivity contribution in [3.05, 3.63) is 48.1 Å². The highest BCUT2D eigenvalue weighted by Gasteiger charge is 2.47. The average Bonchev–Trinajstić information content (AvgIpc) is 2.62. The fourth-order valence-electron chi connectivity index (χ4n) is 3.50. The molecule has 1 fully saturated rings. The van der Waals surface area contributed by atoms with E-state index in [4.69, 9.17) is 10.5 Å². The number of aromatic nitrogens is 2. The first kappa shape index (κ1) is 21.8. The van der Waals surface area contributed by atoms with Crippen molar-refractivity contribution in [3.63, 3.8) is 0 Å². The second-order valence-corrected chi connectivity index (χ2v) is 7.19. The Labute approximate surface area is 172 Å². The summed E-state index contributed by atoms with van der Waals surface area (Å²) in [4.78, 5) is 12.4. The maximum atomic E-state index is 14.8. The van der Waals surface area contributed by atoms with Gasteiger partial charge in [0.2, 0.25) is 0 Å². The molecule has 2 N–H and O–H groups in total. The Balaban J connectivity index is 0.00000131. The summed E-state index contributed by atoms with van der Waals surface area (Å²) in [5, 5.41) is 0.423. The molecule has 0 spiro atoms. The maximum absolute atomic E-state index is 14.8. The van der Waals surface area contributed by atoms with E-state index < -0.39 is 17.2 Å². The lowest BCUT2D eigenvalue weighted by Crippen LogP contribution is -2.47. The number of fused-ring (bicyclic) bond motifs is 1. The van der Waals surface area contributed by atoms with Gasteiger partial charge in [-0.25, -0.2) is 18.7 Å². The molecule has 0 aliphatic carbocycles. The Morgan fingerprint density at radius 2 is 1.89 bits per heavy atom. The minimum absolute atomic E-state index is 0. The lowest BCUT2D eigenvalue weighted by Gasteiger charge is -2.44. The van der Waals surface area contributed by atoms with E-state index in [0.29, 0.717) is 41.7 Å². The van der Waals surface area contributed by atoms with E-state index in [2.05, 4.69) is 15.0 Å². The van der Waals surface area contributed by atoms with E-state index in [1.807, 2.05) is 0 Å². The molecule has 27 heavy (non-hydrogen) atoms. The van der Waals surface area contributed by atoms with Crippen molar-refractivity contribution < 1.29 is 13.5 Å². The lowest BCUT2D eigenvalue weighted by molar-refractivity contribution is 0.00883. The van der Waals surface area contributed by atoms with Crippen molar-refractivity contribution in [3.8, 4) is 11.1 Å². The molecule has 2 aliphatic heterocycles. The molecule has 3 heterocycles. The standard InChI is InChI=1S/C17H16F2N4OS.2ClH/c18-14-4-15(19)13(3-12(14)10-5-21-9-22-6-10)17-1-2-24-7-11(17)8-25-16(20)23-17;;/h3-6,9,11H,1-2,7-8H2,(H2,20,23);2*1H/t11-,17-;;/m0../s1. The van der Waals surface area contributed by atoms with Gasteiger partial charge in [-0.3, -0.25) is 4.99 Å². The van der Waals surface area contributed by atoms with E-state index in [1.165, 1.54) is 36.5 Å². The average molecular weight is 435 g/mol. The molecule has 2 atom stereocenters. The molecule has 2 aromatic rings. The predicted molar refractivity (Wildman–Crippen MR) is 107 cm³/mol. The number of benzene rings is 1. The van der Waals surface area contributed by atoms with Gasteiger partial charge in [0, 0.05) is 59.8 Å². The predicted octanol–water partition coefficient (Wildman–Crippen LogP) is 3.56. The summed E-state index contributed by atoms with van der Waals surface area (Å²) in [6, 6.07) is 2.43. The number of halogens is 4. The van der Waals surface area contributed by atoms with Crippen molar-refractivity contribution in [2.24, 2.45) is 16.6 Å². The molecule has 0 bridgehead atoms.